The van der Waals surface area contributed by atoms with Crippen molar-refractivity contribution < 1.29 is 27.4 Å². The van der Waals surface area contributed by atoms with Gasteiger partial charge in [-0.1, -0.05) is 6.92 Å². The van der Waals surface area contributed by atoms with Crippen LogP contribution in [0.15, 0.2) is 24.4 Å². The lowest BCUT2D eigenvalue weighted by molar-refractivity contribution is -0.196. The van der Waals surface area contributed by atoms with Crippen LogP contribution in [0.4, 0.5) is 19.0 Å². The highest BCUT2D eigenvalue weighted by Gasteiger charge is 2.41. The van der Waals surface area contributed by atoms with Gasteiger partial charge in [-0.05, 0) is 43.9 Å². The molecule has 0 bridgehead atoms. The van der Waals surface area contributed by atoms with Gasteiger partial charge in [0.2, 0.25) is 11.8 Å². The van der Waals surface area contributed by atoms with Crippen molar-refractivity contribution in [2.45, 2.75) is 63.8 Å². The minimum absolute atomic E-state index is 0.0352. The number of hydrogen-bond donors (Lipinski definition) is 0. The number of piperazine rings is 1. The van der Waals surface area contributed by atoms with E-state index < -0.39 is 12.3 Å². The van der Waals surface area contributed by atoms with Crippen molar-refractivity contribution in [2.75, 3.05) is 38.3 Å². The molecule has 2 aliphatic rings. The van der Waals surface area contributed by atoms with Crippen molar-refractivity contribution >= 4 is 11.7 Å². The lowest BCUT2D eigenvalue weighted by atomic mass is 9.99. The van der Waals surface area contributed by atoms with Crippen LogP contribution < -0.4 is 9.64 Å². The van der Waals surface area contributed by atoms with Gasteiger partial charge in [-0.15, -0.1) is 0 Å². The molecule has 204 valence electrons. The van der Waals surface area contributed by atoms with Gasteiger partial charge in [-0.3, -0.25) is 4.79 Å². The number of alkyl halides is 3. The number of halogens is 3. The van der Waals surface area contributed by atoms with Crippen LogP contribution >= 0.6 is 0 Å². The van der Waals surface area contributed by atoms with Gasteiger partial charge in [0.15, 0.2) is 6.10 Å². The third kappa shape index (κ3) is 6.18. The molecule has 1 aliphatic heterocycles. The molecule has 2 fully saturated rings. The Morgan fingerprint density at radius 2 is 2.05 bits per heavy atom. The number of pyridine rings is 2. The zero-order chi connectivity index (χ0) is 27.4. The van der Waals surface area contributed by atoms with E-state index in [9.17, 15) is 23.2 Å². The summed E-state index contributed by atoms with van der Waals surface area (Å²) in [5.74, 6) is 0.691. The second-order valence-electron chi connectivity index (χ2n) is 9.74. The second kappa shape index (κ2) is 11.6. The Balaban J connectivity index is 1.62. The van der Waals surface area contributed by atoms with E-state index >= 15 is 0 Å². The molecule has 11 heteroatoms. The number of carbonyl (C=O) groups excluding carboxylic acids is 1. The molecule has 1 saturated heterocycles. The Bertz CT molecular complexity index is 1200. The summed E-state index contributed by atoms with van der Waals surface area (Å²) in [5.41, 5.74) is 2.48. The summed E-state index contributed by atoms with van der Waals surface area (Å²) in [6, 6.07) is 7.11. The highest BCUT2D eigenvalue weighted by Crippen LogP contribution is 2.45. The first-order valence-electron chi connectivity index (χ1n) is 12.8. The van der Waals surface area contributed by atoms with Gasteiger partial charge in [-0.2, -0.15) is 18.4 Å². The number of nitriles is 1. The lowest BCUT2D eigenvalue weighted by Crippen LogP contribution is -2.54. The molecule has 4 rings (SSSR count). The van der Waals surface area contributed by atoms with Crippen LogP contribution in [-0.2, 0) is 9.53 Å². The number of methoxy groups -OCH3 is 1. The summed E-state index contributed by atoms with van der Waals surface area (Å²) < 4.78 is 50.0. The van der Waals surface area contributed by atoms with E-state index in [1.54, 1.807) is 19.2 Å². The fraction of sp³-hybridized carbons (Fsp3) is 0.556. The summed E-state index contributed by atoms with van der Waals surface area (Å²) >= 11 is 0. The summed E-state index contributed by atoms with van der Waals surface area (Å²) in [5, 5.41) is 10.0. The molecule has 2 aromatic heterocycles. The zero-order valence-corrected chi connectivity index (χ0v) is 21.8. The third-order valence-electron chi connectivity index (χ3n) is 6.93. The first kappa shape index (κ1) is 27.6. The van der Waals surface area contributed by atoms with Crippen LogP contribution in [0, 0.1) is 11.3 Å². The largest absolute Gasteiger partial charge is 0.465 e. The predicted octanol–water partition coefficient (Wildman–Crippen LogP) is 4.69. The molecule has 1 amide bonds. The Kier molecular flexibility index (Phi) is 8.41. The molecule has 2 atom stereocenters. The molecule has 0 spiro atoms. The predicted molar refractivity (Wildman–Crippen MR) is 135 cm³/mol. The SMILES string of the molecule is CCC(Oc1cc(-c2cc(C#N)c(N3CCN(C(=O)CCOC)[C@H](C)C3)nc2C2CC2)ccn1)C(F)(F)F. The summed E-state index contributed by atoms with van der Waals surface area (Å²) in [7, 11) is 1.56. The van der Waals surface area contributed by atoms with Crippen molar-refractivity contribution in [3.05, 3.63) is 35.7 Å². The molecule has 0 N–H and O–H groups in total. The van der Waals surface area contributed by atoms with E-state index in [-0.39, 0.29) is 30.2 Å². The molecule has 0 radical (unpaired) electrons. The topological polar surface area (TPSA) is 91.6 Å². The van der Waals surface area contributed by atoms with Gasteiger partial charge in [0.1, 0.15) is 11.9 Å². The van der Waals surface area contributed by atoms with Crippen molar-refractivity contribution in [3.63, 3.8) is 0 Å². The average Bonchev–Trinajstić information content (AvgIpc) is 3.74. The molecule has 2 aromatic rings. The number of aromatic nitrogens is 2. The van der Waals surface area contributed by atoms with Crippen LogP contribution in [-0.4, -0.2) is 72.4 Å². The number of hydrogen-bond acceptors (Lipinski definition) is 7. The monoisotopic (exact) mass is 531 g/mol. The van der Waals surface area contributed by atoms with Crippen LogP contribution in [0.3, 0.4) is 0 Å². The molecular weight excluding hydrogens is 499 g/mol. The second-order valence-corrected chi connectivity index (χ2v) is 9.74. The summed E-state index contributed by atoms with van der Waals surface area (Å²) in [6.07, 6.45) is -3.06. The maximum atomic E-state index is 13.2. The first-order chi connectivity index (χ1) is 18.2. The van der Waals surface area contributed by atoms with Gasteiger partial charge in [0.25, 0.3) is 0 Å². The van der Waals surface area contributed by atoms with E-state index in [1.807, 2.05) is 16.7 Å². The maximum Gasteiger partial charge on any atom is 0.425 e. The van der Waals surface area contributed by atoms with Crippen LogP contribution in [0.2, 0.25) is 0 Å². The normalized spacial score (nSPS) is 18.7. The summed E-state index contributed by atoms with van der Waals surface area (Å²) in [6.45, 7) is 5.34. The van der Waals surface area contributed by atoms with Gasteiger partial charge < -0.3 is 19.3 Å². The molecule has 3 heterocycles. The molecule has 1 aliphatic carbocycles. The van der Waals surface area contributed by atoms with E-state index in [0.29, 0.717) is 55.2 Å². The number of nitrogens with zero attached hydrogens (tertiary/aromatic N) is 5. The molecule has 0 aromatic carbocycles. The van der Waals surface area contributed by atoms with Crippen LogP contribution in [0.5, 0.6) is 5.88 Å². The maximum absolute atomic E-state index is 13.2. The van der Waals surface area contributed by atoms with Crippen molar-refractivity contribution in [2.24, 2.45) is 0 Å². The Hall–Kier alpha value is -3.39. The number of anilines is 1. The minimum atomic E-state index is -4.50. The van der Waals surface area contributed by atoms with Crippen molar-refractivity contribution in [3.8, 4) is 23.1 Å². The first-order valence-corrected chi connectivity index (χ1v) is 12.8. The Labute approximate surface area is 220 Å². The van der Waals surface area contributed by atoms with Crippen LogP contribution in [0.25, 0.3) is 11.1 Å². The number of amides is 1. The highest BCUT2D eigenvalue weighted by atomic mass is 19.4. The molecule has 1 unspecified atom stereocenters. The van der Waals surface area contributed by atoms with E-state index in [0.717, 1.165) is 18.5 Å². The van der Waals surface area contributed by atoms with Crippen molar-refractivity contribution in [1.29, 1.82) is 5.26 Å². The fourth-order valence-corrected chi connectivity index (χ4v) is 4.76. The van der Waals surface area contributed by atoms with Crippen LogP contribution in [0.1, 0.15) is 56.7 Å². The smallest absolute Gasteiger partial charge is 0.425 e. The third-order valence-corrected chi connectivity index (χ3v) is 6.93. The fourth-order valence-electron chi connectivity index (χ4n) is 4.76. The van der Waals surface area contributed by atoms with Gasteiger partial charge >= 0.3 is 6.18 Å². The number of rotatable bonds is 9. The standard InChI is InChI=1S/C27H32F3N5O3/c1-4-22(27(28,29)30)38-23-14-19(7-9-32-23)21-13-20(15-31)26(33-25(21)18-5-6-18)34-10-11-35(17(2)16-34)24(36)8-12-37-3/h7,9,13-14,17-18,22H,4-6,8,10-12,16H2,1-3H3/t17-,22?/m1/s1. The van der Waals surface area contributed by atoms with Crippen molar-refractivity contribution in [1.82, 2.24) is 14.9 Å². The van der Waals surface area contributed by atoms with E-state index in [2.05, 4.69) is 11.1 Å². The number of ether oxygens (including phenoxy) is 2. The zero-order valence-electron chi connectivity index (χ0n) is 21.8. The molecule has 38 heavy (non-hydrogen) atoms. The molecule has 8 nitrogen and oxygen atoms in total. The van der Waals surface area contributed by atoms with Gasteiger partial charge in [0.05, 0.1) is 24.3 Å². The van der Waals surface area contributed by atoms with E-state index in [1.165, 1.54) is 19.2 Å². The Morgan fingerprint density at radius 1 is 1.29 bits per heavy atom. The van der Waals surface area contributed by atoms with E-state index in [4.69, 9.17) is 14.5 Å². The Morgan fingerprint density at radius 3 is 2.66 bits per heavy atom. The van der Waals surface area contributed by atoms with Gasteiger partial charge in [0, 0.05) is 56.5 Å². The minimum Gasteiger partial charge on any atom is -0.465 e. The quantitative estimate of drug-likeness (QED) is 0.464. The average molecular weight is 532 g/mol. The molecule has 1 saturated carbocycles. The molecular formula is C27H32F3N5O3. The van der Waals surface area contributed by atoms with Gasteiger partial charge in [-0.25, -0.2) is 9.97 Å². The summed E-state index contributed by atoms with van der Waals surface area (Å²) in [4.78, 5) is 25.3. The lowest BCUT2D eigenvalue weighted by Gasteiger charge is -2.41. The highest BCUT2D eigenvalue weighted by molar-refractivity contribution is 5.77. The number of carbonyl (C=O) groups is 1.